The van der Waals surface area contributed by atoms with Crippen molar-refractivity contribution in [3.05, 3.63) is 17.5 Å². The van der Waals surface area contributed by atoms with Crippen LogP contribution in [0.25, 0.3) is 0 Å². The zero-order valence-electron chi connectivity index (χ0n) is 8.81. The SMILES string of the molecule is CCCCCC=S(=O)(O)Nc1cccs1. The molecule has 5 heteroatoms. The van der Waals surface area contributed by atoms with E-state index in [-0.39, 0.29) is 0 Å². The van der Waals surface area contributed by atoms with Gasteiger partial charge < -0.3 is 0 Å². The number of hydrogen-bond donors (Lipinski definition) is 2. The Kier molecular flexibility index (Phi) is 5.14. The van der Waals surface area contributed by atoms with Crippen LogP contribution in [0, 0.1) is 0 Å². The van der Waals surface area contributed by atoms with Crippen LogP contribution in [0.4, 0.5) is 5.00 Å². The summed E-state index contributed by atoms with van der Waals surface area (Å²) in [5.74, 6) is 0. The van der Waals surface area contributed by atoms with Crippen LogP contribution in [0.3, 0.4) is 0 Å². The minimum absolute atomic E-state index is 0.682. The van der Waals surface area contributed by atoms with E-state index in [1.807, 2.05) is 11.4 Å². The molecule has 86 valence electrons. The highest BCUT2D eigenvalue weighted by atomic mass is 32.2. The number of rotatable bonds is 6. The van der Waals surface area contributed by atoms with Gasteiger partial charge in [-0.25, -0.2) is 4.21 Å². The number of thiophene rings is 1. The monoisotopic (exact) mass is 247 g/mol. The average Bonchev–Trinajstić information content (AvgIpc) is 2.64. The van der Waals surface area contributed by atoms with E-state index in [0.717, 1.165) is 24.3 Å². The highest BCUT2D eigenvalue weighted by Gasteiger charge is 2.01. The smallest absolute Gasteiger partial charge is 0.164 e. The van der Waals surface area contributed by atoms with Crippen molar-refractivity contribution < 1.29 is 8.76 Å². The minimum atomic E-state index is -3.00. The van der Waals surface area contributed by atoms with E-state index in [9.17, 15) is 8.76 Å². The van der Waals surface area contributed by atoms with Crippen molar-refractivity contribution in [2.45, 2.75) is 32.6 Å². The molecule has 1 rings (SSSR count). The molecule has 0 fully saturated rings. The summed E-state index contributed by atoms with van der Waals surface area (Å²) in [5.41, 5.74) is 0. The maximum atomic E-state index is 11.6. The van der Waals surface area contributed by atoms with E-state index >= 15 is 0 Å². The summed E-state index contributed by atoms with van der Waals surface area (Å²) >= 11 is 1.42. The Bertz CT molecular complexity index is 378. The lowest BCUT2D eigenvalue weighted by atomic mass is 10.2. The van der Waals surface area contributed by atoms with Gasteiger partial charge in [0.2, 0.25) is 0 Å². The standard InChI is InChI=1S/C10H17NO2S2/c1-2-3-4-5-9-15(12,13)11-10-7-6-8-14-10/h6-9H,2-5H2,1H3,(H2,11,12,13). The molecule has 0 saturated carbocycles. The molecule has 0 amide bonds. The fourth-order valence-electron chi connectivity index (χ4n) is 1.16. The maximum absolute atomic E-state index is 11.6. The van der Waals surface area contributed by atoms with Crippen molar-refractivity contribution in [2.75, 3.05) is 4.72 Å². The molecule has 1 unspecified atom stereocenters. The molecule has 0 bridgehead atoms. The van der Waals surface area contributed by atoms with E-state index in [0.29, 0.717) is 6.42 Å². The molecular weight excluding hydrogens is 230 g/mol. The molecule has 1 aromatic rings. The van der Waals surface area contributed by atoms with Gasteiger partial charge in [-0.1, -0.05) is 19.8 Å². The number of hydrogen-bond acceptors (Lipinski definition) is 2. The predicted octanol–water partition coefficient (Wildman–Crippen LogP) is 3.21. The molecule has 3 nitrogen and oxygen atoms in total. The van der Waals surface area contributed by atoms with Gasteiger partial charge in [-0.3, -0.25) is 9.27 Å². The van der Waals surface area contributed by atoms with Gasteiger partial charge in [-0.2, -0.15) is 0 Å². The molecule has 0 aliphatic carbocycles. The Morgan fingerprint density at radius 1 is 1.60 bits per heavy atom. The first-order valence-corrected chi connectivity index (χ1v) is 7.51. The predicted molar refractivity (Wildman–Crippen MR) is 68.9 cm³/mol. The first kappa shape index (κ1) is 12.5. The molecule has 0 aromatic carbocycles. The van der Waals surface area contributed by atoms with Gasteiger partial charge in [0.1, 0.15) is 5.00 Å². The third kappa shape index (κ3) is 5.20. The molecular formula is C10H17NO2S2. The Morgan fingerprint density at radius 3 is 3.00 bits per heavy atom. The molecule has 0 spiro atoms. The first-order valence-electron chi connectivity index (χ1n) is 5.05. The Hall–Kier alpha value is -0.520. The van der Waals surface area contributed by atoms with Crippen molar-refractivity contribution in [1.29, 1.82) is 0 Å². The number of unbranched alkanes of at least 4 members (excludes halogenated alkanes) is 3. The van der Waals surface area contributed by atoms with Crippen molar-refractivity contribution in [3.63, 3.8) is 0 Å². The Morgan fingerprint density at radius 2 is 2.40 bits per heavy atom. The van der Waals surface area contributed by atoms with Crippen LogP contribution in [-0.2, 0) is 9.99 Å². The van der Waals surface area contributed by atoms with Crippen LogP contribution in [0.15, 0.2) is 17.5 Å². The summed E-state index contributed by atoms with van der Waals surface area (Å²) < 4.78 is 23.8. The van der Waals surface area contributed by atoms with E-state index in [4.69, 9.17) is 0 Å². The van der Waals surface area contributed by atoms with Crippen LogP contribution in [0.1, 0.15) is 32.6 Å². The van der Waals surface area contributed by atoms with E-state index in [2.05, 4.69) is 11.6 Å². The lowest BCUT2D eigenvalue weighted by Gasteiger charge is -2.05. The zero-order valence-corrected chi connectivity index (χ0v) is 10.4. The van der Waals surface area contributed by atoms with Gasteiger partial charge in [-0.15, -0.1) is 11.3 Å². The molecule has 0 saturated heterocycles. The highest BCUT2D eigenvalue weighted by molar-refractivity contribution is 7.97. The third-order valence-corrected chi connectivity index (χ3v) is 4.03. The van der Waals surface area contributed by atoms with Gasteiger partial charge in [0.25, 0.3) is 0 Å². The maximum Gasteiger partial charge on any atom is 0.164 e. The van der Waals surface area contributed by atoms with Crippen LogP contribution >= 0.6 is 11.3 Å². The second-order valence-electron chi connectivity index (χ2n) is 3.31. The second-order valence-corrected chi connectivity index (χ2v) is 5.93. The first-order chi connectivity index (χ1) is 7.14. The Balaban J connectivity index is 2.47. The third-order valence-electron chi connectivity index (χ3n) is 1.92. The summed E-state index contributed by atoms with van der Waals surface area (Å²) in [6, 6.07) is 3.64. The molecule has 1 heterocycles. The summed E-state index contributed by atoms with van der Waals surface area (Å²) in [6.45, 7) is 2.11. The van der Waals surface area contributed by atoms with Gasteiger partial charge >= 0.3 is 0 Å². The van der Waals surface area contributed by atoms with E-state index in [1.54, 1.807) is 6.07 Å². The van der Waals surface area contributed by atoms with Crippen molar-refractivity contribution >= 4 is 31.7 Å². The lowest BCUT2D eigenvalue weighted by Crippen LogP contribution is -2.13. The molecule has 15 heavy (non-hydrogen) atoms. The topological polar surface area (TPSA) is 49.3 Å². The fraction of sp³-hybridized carbons (Fsp3) is 0.500. The number of nitrogens with one attached hydrogen (secondary N) is 1. The molecule has 2 N–H and O–H groups in total. The van der Waals surface area contributed by atoms with Crippen molar-refractivity contribution in [2.24, 2.45) is 0 Å². The zero-order chi connectivity index (χ0) is 11.1. The molecule has 1 atom stereocenters. The van der Waals surface area contributed by atoms with Crippen LogP contribution < -0.4 is 4.72 Å². The van der Waals surface area contributed by atoms with Crippen LogP contribution in [-0.4, -0.2) is 14.1 Å². The molecule has 0 radical (unpaired) electrons. The summed E-state index contributed by atoms with van der Waals surface area (Å²) in [7, 11) is -3.00. The highest BCUT2D eigenvalue weighted by Crippen LogP contribution is 2.16. The van der Waals surface area contributed by atoms with Crippen LogP contribution in [0.2, 0.25) is 0 Å². The van der Waals surface area contributed by atoms with E-state index < -0.39 is 9.99 Å². The summed E-state index contributed by atoms with van der Waals surface area (Å²) in [5, 5.41) is 4.08. The van der Waals surface area contributed by atoms with Gasteiger partial charge in [-0.05, 0) is 30.4 Å². The second kappa shape index (κ2) is 6.15. The largest absolute Gasteiger partial charge is 0.298 e. The normalized spacial score (nSPS) is 14.5. The fourth-order valence-corrected chi connectivity index (χ4v) is 3.10. The molecule has 0 aliphatic heterocycles. The Labute approximate surface area is 95.5 Å². The van der Waals surface area contributed by atoms with Gasteiger partial charge in [0.05, 0.1) is 0 Å². The summed E-state index contributed by atoms with van der Waals surface area (Å²) in [6.07, 6.45) is 3.88. The molecule has 0 aliphatic rings. The molecule has 1 aromatic heterocycles. The van der Waals surface area contributed by atoms with E-state index in [1.165, 1.54) is 16.7 Å². The lowest BCUT2D eigenvalue weighted by molar-refractivity contribution is 0.565. The minimum Gasteiger partial charge on any atom is -0.298 e. The number of anilines is 1. The average molecular weight is 247 g/mol. The van der Waals surface area contributed by atoms with Gasteiger partial charge in [0, 0.05) is 5.37 Å². The quantitative estimate of drug-likeness (QED) is 0.599. The van der Waals surface area contributed by atoms with Crippen molar-refractivity contribution in [1.82, 2.24) is 0 Å². The van der Waals surface area contributed by atoms with Crippen molar-refractivity contribution in [3.8, 4) is 0 Å². The van der Waals surface area contributed by atoms with Gasteiger partial charge in [0.15, 0.2) is 9.99 Å². The van der Waals surface area contributed by atoms with Crippen LogP contribution in [0.5, 0.6) is 0 Å². The summed E-state index contributed by atoms with van der Waals surface area (Å²) in [4.78, 5) is 0.